The van der Waals surface area contributed by atoms with Crippen molar-refractivity contribution in [3.63, 3.8) is 0 Å². The van der Waals surface area contributed by atoms with Crippen LogP contribution in [0.25, 0.3) is 0 Å². The number of amides is 1. The van der Waals surface area contributed by atoms with E-state index in [1.54, 1.807) is 7.05 Å². The van der Waals surface area contributed by atoms with Gasteiger partial charge in [0.15, 0.2) is 0 Å². The fourth-order valence-electron chi connectivity index (χ4n) is 0.268. The van der Waals surface area contributed by atoms with E-state index in [1.165, 1.54) is 0 Å². The minimum Gasteiger partial charge on any atom is -0.358 e. The van der Waals surface area contributed by atoms with Crippen LogP contribution in [0, 0.1) is 0 Å². The van der Waals surface area contributed by atoms with Crippen molar-refractivity contribution in [1.29, 1.82) is 0 Å². The van der Waals surface area contributed by atoms with Gasteiger partial charge in [0.2, 0.25) is 5.91 Å². The van der Waals surface area contributed by atoms with Crippen LogP contribution in [-0.4, -0.2) is 24.7 Å². The Morgan fingerprint density at radius 2 is 2.50 bits per heavy atom. The Morgan fingerprint density at radius 1 is 2.00 bits per heavy atom. The molecule has 0 bridgehead atoms. The Balaban J connectivity index is 3.46. The number of rotatable bonds is 2. The quantitative estimate of drug-likeness (QED) is 0.424. The summed E-state index contributed by atoms with van der Waals surface area (Å²) >= 11 is 3.82. The highest BCUT2D eigenvalue weighted by atomic mass is 32.1. The molecule has 1 atom stereocenters. The summed E-state index contributed by atoms with van der Waals surface area (Å²) in [5.74, 6) is 0.222. The van der Waals surface area contributed by atoms with E-state index in [9.17, 15) is 4.79 Å². The van der Waals surface area contributed by atoms with Crippen LogP contribution in [0.3, 0.4) is 0 Å². The molecule has 0 aromatic rings. The zero-order valence-electron chi connectivity index (χ0n) is 4.72. The number of hydrogen-bond donors (Lipinski definition) is 3. The smallest absolute Gasteiger partial charge is 0.237 e. The summed E-state index contributed by atoms with van der Waals surface area (Å²) in [5.41, 5.74) is 5.24. The number of carbonyl (C=O) groups is 1. The van der Waals surface area contributed by atoms with E-state index in [0.717, 1.165) is 0 Å². The van der Waals surface area contributed by atoms with Crippen LogP contribution in [0.1, 0.15) is 0 Å². The van der Waals surface area contributed by atoms with Crippen molar-refractivity contribution >= 4 is 18.5 Å². The number of nitrogens with one attached hydrogen (secondary N) is 1. The SMILES string of the molecule is CNC(=O)C(N)CS. The molecule has 0 radical (unpaired) electrons. The molecule has 3 nitrogen and oxygen atoms in total. The second-order valence-corrected chi connectivity index (χ2v) is 1.77. The summed E-state index contributed by atoms with van der Waals surface area (Å²) < 4.78 is 0. The van der Waals surface area contributed by atoms with Gasteiger partial charge in [-0.25, -0.2) is 0 Å². The van der Waals surface area contributed by atoms with Crippen molar-refractivity contribution in [2.24, 2.45) is 5.73 Å². The highest BCUT2D eigenvalue weighted by molar-refractivity contribution is 7.80. The van der Waals surface area contributed by atoms with E-state index >= 15 is 0 Å². The summed E-state index contributed by atoms with van der Waals surface area (Å²) in [6.45, 7) is 0. The Morgan fingerprint density at radius 3 is 2.62 bits per heavy atom. The van der Waals surface area contributed by atoms with E-state index < -0.39 is 6.04 Å². The third-order valence-electron chi connectivity index (χ3n) is 0.780. The lowest BCUT2D eigenvalue weighted by Gasteiger charge is -2.03. The largest absolute Gasteiger partial charge is 0.358 e. The fraction of sp³-hybridized carbons (Fsp3) is 0.750. The lowest BCUT2D eigenvalue weighted by Crippen LogP contribution is -2.39. The van der Waals surface area contributed by atoms with Gasteiger partial charge < -0.3 is 11.1 Å². The molecule has 0 heterocycles. The molecule has 48 valence electrons. The van der Waals surface area contributed by atoms with Gasteiger partial charge in [0.05, 0.1) is 6.04 Å². The summed E-state index contributed by atoms with van der Waals surface area (Å²) in [6, 6.07) is -0.469. The Bertz CT molecular complexity index is 86.1. The van der Waals surface area contributed by atoms with Crippen molar-refractivity contribution in [3.8, 4) is 0 Å². The first kappa shape index (κ1) is 7.78. The first-order chi connectivity index (χ1) is 3.72. The van der Waals surface area contributed by atoms with E-state index in [0.29, 0.717) is 5.75 Å². The molecule has 8 heavy (non-hydrogen) atoms. The van der Waals surface area contributed by atoms with Crippen LogP contribution >= 0.6 is 12.6 Å². The minimum absolute atomic E-state index is 0.167. The molecule has 0 fully saturated rings. The van der Waals surface area contributed by atoms with Gasteiger partial charge in [0, 0.05) is 12.8 Å². The summed E-state index contributed by atoms with van der Waals surface area (Å²) in [7, 11) is 1.55. The number of hydrogen-bond acceptors (Lipinski definition) is 3. The average molecular weight is 134 g/mol. The lowest BCUT2D eigenvalue weighted by atomic mass is 10.3. The number of nitrogens with two attached hydrogens (primary N) is 1. The van der Waals surface area contributed by atoms with E-state index in [2.05, 4.69) is 17.9 Å². The number of carbonyl (C=O) groups excluding carboxylic acids is 1. The summed E-state index contributed by atoms with van der Waals surface area (Å²) in [5, 5.41) is 2.40. The standard InChI is InChI=1S/C4H10N2OS/c1-6-4(7)3(5)2-8/h3,8H,2,5H2,1H3,(H,6,7). The molecular formula is C4H10N2OS. The van der Waals surface area contributed by atoms with Gasteiger partial charge in [-0.15, -0.1) is 0 Å². The van der Waals surface area contributed by atoms with Gasteiger partial charge in [-0.2, -0.15) is 12.6 Å². The molecule has 0 saturated carbocycles. The zero-order chi connectivity index (χ0) is 6.57. The monoisotopic (exact) mass is 134 g/mol. The van der Waals surface area contributed by atoms with Crippen molar-refractivity contribution < 1.29 is 4.79 Å². The molecule has 0 aromatic carbocycles. The molecule has 0 aromatic heterocycles. The van der Waals surface area contributed by atoms with Crippen molar-refractivity contribution in [2.45, 2.75) is 6.04 Å². The minimum atomic E-state index is -0.469. The van der Waals surface area contributed by atoms with Crippen molar-refractivity contribution in [2.75, 3.05) is 12.8 Å². The Labute approximate surface area is 54.0 Å². The maximum atomic E-state index is 10.5. The van der Waals surface area contributed by atoms with E-state index in [4.69, 9.17) is 5.73 Å². The van der Waals surface area contributed by atoms with Crippen LogP contribution in [-0.2, 0) is 4.79 Å². The summed E-state index contributed by atoms with van der Waals surface area (Å²) in [6.07, 6.45) is 0. The molecule has 0 rings (SSSR count). The third-order valence-corrected chi connectivity index (χ3v) is 1.17. The Kier molecular flexibility index (Phi) is 3.64. The van der Waals surface area contributed by atoms with Gasteiger partial charge in [-0.05, 0) is 0 Å². The van der Waals surface area contributed by atoms with Crippen LogP contribution in [0.4, 0.5) is 0 Å². The lowest BCUT2D eigenvalue weighted by molar-refractivity contribution is -0.121. The fourth-order valence-corrected chi connectivity index (χ4v) is 0.434. The molecule has 1 unspecified atom stereocenters. The molecule has 0 saturated heterocycles. The normalized spacial score (nSPS) is 12.9. The highest BCUT2D eigenvalue weighted by Crippen LogP contribution is 1.80. The van der Waals surface area contributed by atoms with E-state index in [1.807, 2.05) is 0 Å². The maximum absolute atomic E-state index is 10.5. The predicted octanol–water partition coefficient (Wildman–Crippen LogP) is -1.01. The van der Waals surface area contributed by atoms with Crippen LogP contribution in [0.15, 0.2) is 0 Å². The molecule has 3 N–H and O–H groups in total. The first-order valence-electron chi connectivity index (χ1n) is 2.30. The van der Waals surface area contributed by atoms with Gasteiger partial charge in [-0.3, -0.25) is 4.79 Å². The van der Waals surface area contributed by atoms with Gasteiger partial charge in [0.1, 0.15) is 0 Å². The number of thiol groups is 1. The molecule has 0 aliphatic rings. The predicted molar refractivity (Wildman–Crippen MR) is 35.9 cm³/mol. The van der Waals surface area contributed by atoms with Gasteiger partial charge in [-0.1, -0.05) is 0 Å². The molecule has 0 aliphatic heterocycles. The van der Waals surface area contributed by atoms with Crippen molar-refractivity contribution in [3.05, 3.63) is 0 Å². The first-order valence-corrected chi connectivity index (χ1v) is 2.93. The second kappa shape index (κ2) is 3.74. The van der Waals surface area contributed by atoms with Gasteiger partial charge in [0.25, 0.3) is 0 Å². The third kappa shape index (κ3) is 2.18. The van der Waals surface area contributed by atoms with E-state index in [-0.39, 0.29) is 5.91 Å². The topological polar surface area (TPSA) is 55.1 Å². The second-order valence-electron chi connectivity index (χ2n) is 1.40. The Hall–Kier alpha value is -0.220. The highest BCUT2D eigenvalue weighted by Gasteiger charge is 2.06. The van der Waals surface area contributed by atoms with Crippen LogP contribution in [0.5, 0.6) is 0 Å². The van der Waals surface area contributed by atoms with Crippen LogP contribution in [0.2, 0.25) is 0 Å². The number of likely N-dealkylation sites (N-methyl/N-ethyl adjacent to an activating group) is 1. The molecule has 0 aliphatic carbocycles. The zero-order valence-corrected chi connectivity index (χ0v) is 5.61. The van der Waals surface area contributed by atoms with Crippen LogP contribution < -0.4 is 11.1 Å². The van der Waals surface area contributed by atoms with Crippen molar-refractivity contribution in [1.82, 2.24) is 5.32 Å². The molecule has 1 amide bonds. The summed E-state index contributed by atoms with van der Waals surface area (Å²) in [4.78, 5) is 10.5. The molecule has 0 spiro atoms. The molecule has 4 heteroatoms. The maximum Gasteiger partial charge on any atom is 0.237 e. The van der Waals surface area contributed by atoms with Gasteiger partial charge >= 0.3 is 0 Å². The average Bonchev–Trinajstić information content (AvgIpc) is 1.84. The molecular weight excluding hydrogens is 124 g/mol.